The molecular weight excluding hydrogens is 106 g/mol. The lowest BCUT2D eigenvalue weighted by Gasteiger charge is -2.13. The van der Waals surface area contributed by atoms with Gasteiger partial charge < -0.3 is 5.73 Å². The van der Waals surface area contributed by atoms with Gasteiger partial charge in [-0.3, -0.25) is 0 Å². The maximum atomic E-state index is 5.76. The number of nitrogens with two attached hydrogens (primary N) is 1. The average molecular weight is 117 g/mol. The Kier molecular flexibility index (Phi) is 1.30. The molecule has 1 atom stereocenters. The molecule has 1 fully saturated rings. The number of rotatable bonds is 0. The van der Waals surface area contributed by atoms with E-state index in [2.05, 4.69) is 6.92 Å². The monoisotopic (exact) mass is 117 g/mol. The summed E-state index contributed by atoms with van der Waals surface area (Å²) in [4.78, 5) is 0. The Bertz CT molecular complexity index is 62.5. The second kappa shape index (κ2) is 1.67. The van der Waals surface area contributed by atoms with Crippen LogP contribution in [-0.2, 0) is 0 Å². The Balaban J connectivity index is 2.40. The standard InChI is InChI=1S/C5H11NS/c1-5(6)2-3-7-4-5/h2-4,6H2,1H3. The molecule has 2 heteroatoms. The molecule has 0 aliphatic carbocycles. The first-order valence-corrected chi connectivity index (χ1v) is 3.73. The van der Waals surface area contributed by atoms with Gasteiger partial charge in [-0.25, -0.2) is 0 Å². The largest absolute Gasteiger partial charge is 0.325 e. The highest BCUT2D eigenvalue weighted by Gasteiger charge is 2.23. The SMILES string of the molecule is CC1(N)CCSC1. The summed E-state index contributed by atoms with van der Waals surface area (Å²) < 4.78 is 0. The van der Waals surface area contributed by atoms with Crippen molar-refractivity contribution in [2.75, 3.05) is 11.5 Å². The van der Waals surface area contributed by atoms with Crippen molar-refractivity contribution in [3.63, 3.8) is 0 Å². The van der Waals surface area contributed by atoms with Crippen LogP contribution in [0.25, 0.3) is 0 Å². The van der Waals surface area contributed by atoms with Gasteiger partial charge in [0.1, 0.15) is 0 Å². The maximum Gasteiger partial charge on any atom is 0.0225 e. The first kappa shape index (κ1) is 5.45. The average Bonchev–Trinajstić information content (AvgIpc) is 1.84. The van der Waals surface area contributed by atoms with Gasteiger partial charge in [-0.15, -0.1) is 0 Å². The highest BCUT2D eigenvalue weighted by Crippen LogP contribution is 2.24. The molecule has 2 N–H and O–H groups in total. The van der Waals surface area contributed by atoms with Crippen molar-refractivity contribution in [3.05, 3.63) is 0 Å². The summed E-state index contributed by atoms with van der Waals surface area (Å²) in [5, 5.41) is 0. The summed E-state index contributed by atoms with van der Waals surface area (Å²) >= 11 is 1.96. The molecular formula is C5H11NS. The molecule has 0 radical (unpaired) electrons. The van der Waals surface area contributed by atoms with E-state index in [1.54, 1.807) is 0 Å². The Morgan fingerprint density at radius 2 is 2.43 bits per heavy atom. The molecule has 0 aromatic rings. The zero-order valence-corrected chi connectivity index (χ0v) is 5.42. The minimum absolute atomic E-state index is 0.157. The quantitative estimate of drug-likeness (QED) is 0.509. The van der Waals surface area contributed by atoms with Crippen LogP contribution < -0.4 is 5.73 Å². The summed E-state index contributed by atoms with van der Waals surface area (Å²) in [6.45, 7) is 2.12. The van der Waals surface area contributed by atoms with E-state index in [0.717, 1.165) is 5.75 Å². The first-order chi connectivity index (χ1) is 3.21. The van der Waals surface area contributed by atoms with Crippen molar-refractivity contribution in [1.82, 2.24) is 0 Å². The molecule has 1 aliphatic heterocycles. The van der Waals surface area contributed by atoms with Gasteiger partial charge in [0, 0.05) is 11.3 Å². The molecule has 1 heterocycles. The molecule has 1 saturated heterocycles. The van der Waals surface area contributed by atoms with Crippen LogP contribution in [0.15, 0.2) is 0 Å². The van der Waals surface area contributed by atoms with Crippen molar-refractivity contribution in [3.8, 4) is 0 Å². The van der Waals surface area contributed by atoms with Gasteiger partial charge in [-0.05, 0) is 19.1 Å². The van der Waals surface area contributed by atoms with Crippen molar-refractivity contribution in [1.29, 1.82) is 0 Å². The van der Waals surface area contributed by atoms with E-state index >= 15 is 0 Å². The molecule has 0 spiro atoms. The maximum absolute atomic E-state index is 5.76. The topological polar surface area (TPSA) is 26.0 Å². The van der Waals surface area contributed by atoms with Gasteiger partial charge in [0.2, 0.25) is 0 Å². The van der Waals surface area contributed by atoms with Crippen LogP contribution in [0.3, 0.4) is 0 Å². The molecule has 0 aromatic carbocycles. The molecule has 1 unspecified atom stereocenters. The zero-order valence-electron chi connectivity index (χ0n) is 4.61. The Labute approximate surface area is 48.7 Å². The van der Waals surface area contributed by atoms with Gasteiger partial charge in [0.05, 0.1) is 0 Å². The minimum Gasteiger partial charge on any atom is -0.325 e. The molecule has 0 aromatic heterocycles. The fourth-order valence-electron chi connectivity index (χ4n) is 0.683. The Morgan fingerprint density at radius 3 is 2.57 bits per heavy atom. The zero-order chi connectivity index (χ0) is 5.33. The van der Waals surface area contributed by atoms with Crippen LogP contribution in [0.1, 0.15) is 13.3 Å². The predicted octanol–water partition coefficient (Wildman–Crippen LogP) is 0.841. The summed E-state index contributed by atoms with van der Waals surface area (Å²) in [5.41, 5.74) is 5.91. The number of hydrogen-bond acceptors (Lipinski definition) is 2. The number of thioether (sulfide) groups is 1. The summed E-state index contributed by atoms with van der Waals surface area (Å²) in [7, 11) is 0. The third-order valence-electron chi connectivity index (χ3n) is 1.25. The molecule has 0 amide bonds. The van der Waals surface area contributed by atoms with Gasteiger partial charge in [-0.1, -0.05) is 0 Å². The molecule has 7 heavy (non-hydrogen) atoms. The second-order valence-electron chi connectivity index (χ2n) is 2.46. The van der Waals surface area contributed by atoms with Crippen LogP contribution >= 0.6 is 11.8 Å². The number of hydrogen-bond donors (Lipinski definition) is 1. The first-order valence-electron chi connectivity index (χ1n) is 2.57. The van der Waals surface area contributed by atoms with Crippen molar-refractivity contribution in [2.45, 2.75) is 18.9 Å². The van der Waals surface area contributed by atoms with E-state index in [-0.39, 0.29) is 5.54 Å². The third-order valence-corrected chi connectivity index (χ3v) is 2.61. The summed E-state index contributed by atoms with van der Waals surface area (Å²) in [5.74, 6) is 2.40. The fourth-order valence-corrected chi connectivity index (χ4v) is 2.05. The normalized spacial score (nSPS) is 42.0. The van der Waals surface area contributed by atoms with Crippen LogP contribution in [-0.4, -0.2) is 17.0 Å². The van der Waals surface area contributed by atoms with Crippen LogP contribution in [0.2, 0.25) is 0 Å². The lowest BCUT2D eigenvalue weighted by Crippen LogP contribution is -2.35. The highest BCUT2D eigenvalue weighted by atomic mass is 32.2. The van der Waals surface area contributed by atoms with Crippen molar-refractivity contribution in [2.24, 2.45) is 5.73 Å². The van der Waals surface area contributed by atoms with Crippen LogP contribution in [0, 0.1) is 0 Å². The van der Waals surface area contributed by atoms with E-state index in [9.17, 15) is 0 Å². The van der Waals surface area contributed by atoms with Crippen LogP contribution in [0.5, 0.6) is 0 Å². The predicted molar refractivity (Wildman–Crippen MR) is 34.5 cm³/mol. The van der Waals surface area contributed by atoms with E-state index in [0.29, 0.717) is 0 Å². The summed E-state index contributed by atoms with van der Waals surface area (Å²) in [6, 6.07) is 0. The molecule has 42 valence electrons. The fraction of sp³-hybridized carbons (Fsp3) is 1.00. The lowest BCUT2D eigenvalue weighted by molar-refractivity contribution is 0.534. The minimum atomic E-state index is 0.157. The van der Waals surface area contributed by atoms with Gasteiger partial charge in [0.25, 0.3) is 0 Å². The summed E-state index contributed by atoms with van der Waals surface area (Å²) in [6.07, 6.45) is 1.19. The van der Waals surface area contributed by atoms with Gasteiger partial charge in [-0.2, -0.15) is 11.8 Å². The van der Waals surface area contributed by atoms with Gasteiger partial charge >= 0.3 is 0 Å². The lowest BCUT2D eigenvalue weighted by atomic mass is 10.1. The van der Waals surface area contributed by atoms with E-state index in [4.69, 9.17) is 5.73 Å². The Morgan fingerprint density at radius 1 is 1.71 bits per heavy atom. The third kappa shape index (κ3) is 1.35. The van der Waals surface area contributed by atoms with E-state index in [1.807, 2.05) is 11.8 Å². The molecule has 0 bridgehead atoms. The molecule has 1 nitrogen and oxygen atoms in total. The van der Waals surface area contributed by atoms with Crippen LogP contribution in [0.4, 0.5) is 0 Å². The molecule has 1 rings (SSSR count). The van der Waals surface area contributed by atoms with E-state index < -0.39 is 0 Å². The van der Waals surface area contributed by atoms with E-state index in [1.165, 1.54) is 12.2 Å². The van der Waals surface area contributed by atoms with Crippen molar-refractivity contribution >= 4 is 11.8 Å². The van der Waals surface area contributed by atoms with Gasteiger partial charge in [0.15, 0.2) is 0 Å². The smallest absolute Gasteiger partial charge is 0.0225 e. The molecule has 1 aliphatic rings. The van der Waals surface area contributed by atoms with Crippen molar-refractivity contribution < 1.29 is 0 Å². The second-order valence-corrected chi connectivity index (χ2v) is 3.56. The highest BCUT2D eigenvalue weighted by molar-refractivity contribution is 7.99. The Hall–Kier alpha value is 0.310. The molecule has 0 saturated carbocycles.